The molecular weight excluding hydrogens is 272 g/mol. The van der Waals surface area contributed by atoms with Crippen molar-refractivity contribution < 1.29 is 23.8 Å². The smallest absolute Gasteiger partial charge is 0.373 e. The molecule has 0 amide bonds. The predicted molar refractivity (Wildman–Crippen MR) is 79.7 cm³/mol. The summed E-state index contributed by atoms with van der Waals surface area (Å²) in [5.41, 5.74) is 0.433. The second-order valence-corrected chi connectivity index (χ2v) is 3.83. The summed E-state index contributed by atoms with van der Waals surface area (Å²) in [7, 11) is 1.33. The Balaban J connectivity index is 0.000000486. The number of hydrogen-bond acceptors (Lipinski definition) is 5. The number of esters is 2. The Bertz CT molecular complexity index is 491. The molecule has 0 saturated heterocycles. The van der Waals surface area contributed by atoms with Gasteiger partial charge in [-0.3, -0.25) is 0 Å². The lowest BCUT2D eigenvalue weighted by Crippen LogP contribution is -2.11. The van der Waals surface area contributed by atoms with Crippen LogP contribution >= 0.6 is 0 Å². The second kappa shape index (κ2) is 10.3. The van der Waals surface area contributed by atoms with Crippen LogP contribution in [0.25, 0.3) is 0 Å². The molecule has 5 heteroatoms. The van der Waals surface area contributed by atoms with Gasteiger partial charge in [0.05, 0.1) is 13.7 Å². The van der Waals surface area contributed by atoms with Gasteiger partial charge in [-0.15, -0.1) is 0 Å². The maximum absolute atomic E-state index is 11.1. The molecule has 0 atom stereocenters. The molecular formula is C16H20O5. The van der Waals surface area contributed by atoms with Crippen molar-refractivity contribution in [2.24, 2.45) is 0 Å². The first-order valence-corrected chi connectivity index (χ1v) is 6.25. The topological polar surface area (TPSA) is 61.8 Å². The van der Waals surface area contributed by atoms with Gasteiger partial charge in [0.2, 0.25) is 5.76 Å². The molecule has 0 aliphatic heterocycles. The lowest BCUT2D eigenvalue weighted by atomic mass is 10.3. The van der Waals surface area contributed by atoms with Crippen molar-refractivity contribution in [3.63, 3.8) is 0 Å². The van der Waals surface area contributed by atoms with Gasteiger partial charge in [0.15, 0.2) is 0 Å². The Hall–Kier alpha value is -2.56. The maximum atomic E-state index is 11.1. The first-order valence-electron chi connectivity index (χ1n) is 6.25. The van der Waals surface area contributed by atoms with E-state index in [9.17, 15) is 9.59 Å². The van der Waals surface area contributed by atoms with Gasteiger partial charge >= 0.3 is 11.9 Å². The van der Waals surface area contributed by atoms with Gasteiger partial charge in [0.1, 0.15) is 5.75 Å². The van der Waals surface area contributed by atoms with Crippen LogP contribution < -0.4 is 4.74 Å². The summed E-state index contributed by atoms with van der Waals surface area (Å²) in [5.74, 6) is -0.306. The summed E-state index contributed by atoms with van der Waals surface area (Å²) >= 11 is 0. The molecule has 1 rings (SSSR count). The van der Waals surface area contributed by atoms with E-state index >= 15 is 0 Å². The van der Waals surface area contributed by atoms with Crippen LogP contribution in [-0.2, 0) is 19.1 Å². The van der Waals surface area contributed by atoms with E-state index in [1.807, 2.05) is 18.2 Å². The highest BCUT2D eigenvalue weighted by atomic mass is 16.6. The number of rotatable bonds is 5. The minimum absolute atomic E-state index is 0.00181. The summed E-state index contributed by atoms with van der Waals surface area (Å²) in [6, 6.07) is 8.97. The fraction of sp³-hybridized carbons (Fsp3) is 0.250. The van der Waals surface area contributed by atoms with Crippen LogP contribution in [0.5, 0.6) is 5.75 Å². The van der Waals surface area contributed by atoms with E-state index in [0.717, 1.165) is 0 Å². The maximum Gasteiger partial charge on any atom is 0.373 e. The molecule has 0 bridgehead atoms. The molecule has 0 spiro atoms. The SMILES string of the molecule is C=C(C)C(=O)OC.C=C(Oc1ccccc1)C(=O)OCC. The molecule has 0 unspecified atom stereocenters. The minimum Gasteiger partial charge on any atom is -0.466 e. The van der Waals surface area contributed by atoms with Crippen LogP contribution in [0.1, 0.15) is 13.8 Å². The fourth-order valence-electron chi connectivity index (χ4n) is 1.06. The number of benzene rings is 1. The number of carbonyl (C=O) groups is 2. The molecule has 114 valence electrons. The zero-order valence-electron chi connectivity index (χ0n) is 12.5. The van der Waals surface area contributed by atoms with E-state index in [4.69, 9.17) is 9.47 Å². The molecule has 1 aromatic rings. The Morgan fingerprint density at radius 1 is 1.10 bits per heavy atom. The van der Waals surface area contributed by atoms with Gasteiger partial charge in [-0.2, -0.15) is 0 Å². The lowest BCUT2D eigenvalue weighted by Gasteiger charge is -2.06. The molecule has 0 saturated carbocycles. The second-order valence-electron chi connectivity index (χ2n) is 3.83. The Kier molecular flexibility index (Phi) is 9.00. The van der Waals surface area contributed by atoms with Crippen molar-refractivity contribution in [2.45, 2.75) is 13.8 Å². The molecule has 5 nitrogen and oxygen atoms in total. The molecule has 0 N–H and O–H groups in total. The van der Waals surface area contributed by atoms with Gasteiger partial charge in [-0.05, 0) is 32.6 Å². The summed E-state index contributed by atoms with van der Waals surface area (Å²) in [5, 5.41) is 0. The first kappa shape index (κ1) is 18.4. The van der Waals surface area contributed by atoms with Gasteiger partial charge in [0, 0.05) is 5.57 Å². The van der Waals surface area contributed by atoms with E-state index in [-0.39, 0.29) is 11.7 Å². The molecule has 21 heavy (non-hydrogen) atoms. The average Bonchev–Trinajstić information content (AvgIpc) is 2.48. The lowest BCUT2D eigenvalue weighted by molar-refractivity contribution is -0.141. The molecule has 0 heterocycles. The van der Waals surface area contributed by atoms with Crippen molar-refractivity contribution in [3.05, 3.63) is 54.8 Å². The third-order valence-corrected chi connectivity index (χ3v) is 2.02. The molecule has 0 radical (unpaired) electrons. The molecule has 0 aromatic heterocycles. The summed E-state index contributed by atoms with van der Waals surface area (Å²) < 4.78 is 14.1. The van der Waals surface area contributed by atoms with Crippen molar-refractivity contribution >= 4 is 11.9 Å². The Labute approximate surface area is 124 Å². The minimum atomic E-state index is -0.531. The predicted octanol–water partition coefficient (Wildman–Crippen LogP) is 2.88. The van der Waals surface area contributed by atoms with Crippen molar-refractivity contribution in [3.8, 4) is 5.75 Å². The molecule has 0 aliphatic carbocycles. The number of methoxy groups -OCH3 is 1. The highest BCUT2D eigenvalue weighted by Gasteiger charge is 2.09. The van der Waals surface area contributed by atoms with E-state index in [1.165, 1.54) is 7.11 Å². The van der Waals surface area contributed by atoms with Gasteiger partial charge in [-0.25, -0.2) is 9.59 Å². The number of hydrogen-bond donors (Lipinski definition) is 0. The van der Waals surface area contributed by atoms with E-state index < -0.39 is 5.97 Å². The monoisotopic (exact) mass is 292 g/mol. The van der Waals surface area contributed by atoms with Crippen LogP contribution in [-0.4, -0.2) is 25.7 Å². The van der Waals surface area contributed by atoms with Crippen LogP contribution in [0.2, 0.25) is 0 Å². The summed E-state index contributed by atoms with van der Waals surface area (Å²) in [6.07, 6.45) is 0. The van der Waals surface area contributed by atoms with E-state index in [0.29, 0.717) is 17.9 Å². The van der Waals surface area contributed by atoms with Crippen molar-refractivity contribution in [2.75, 3.05) is 13.7 Å². The highest BCUT2D eigenvalue weighted by Crippen LogP contribution is 2.12. The normalized spacial score (nSPS) is 8.71. The molecule has 1 aromatic carbocycles. The van der Waals surface area contributed by atoms with Gasteiger partial charge in [0.25, 0.3) is 0 Å². The largest absolute Gasteiger partial charge is 0.466 e. The molecule has 0 aliphatic rings. The Morgan fingerprint density at radius 2 is 1.67 bits per heavy atom. The van der Waals surface area contributed by atoms with E-state index in [1.54, 1.807) is 26.0 Å². The highest BCUT2D eigenvalue weighted by molar-refractivity contribution is 5.86. The standard InChI is InChI=1S/C11H12O3.C5H8O2/c1-3-13-11(12)9(2)14-10-7-5-4-6-8-10;1-4(2)5(6)7-3/h4-8H,2-3H2,1H3;1H2,2-3H3. The quantitative estimate of drug-likeness (QED) is 0.474. The average molecular weight is 292 g/mol. The van der Waals surface area contributed by atoms with Gasteiger partial charge < -0.3 is 14.2 Å². The fourth-order valence-corrected chi connectivity index (χ4v) is 1.06. The van der Waals surface area contributed by atoms with Crippen LogP contribution in [0.3, 0.4) is 0 Å². The number of para-hydroxylation sites is 1. The summed E-state index contributed by atoms with van der Waals surface area (Å²) in [6.45, 7) is 10.5. The zero-order chi connectivity index (χ0) is 16.3. The summed E-state index contributed by atoms with van der Waals surface area (Å²) in [4.78, 5) is 21.3. The van der Waals surface area contributed by atoms with E-state index in [2.05, 4.69) is 17.9 Å². The Morgan fingerprint density at radius 3 is 2.05 bits per heavy atom. The number of ether oxygens (including phenoxy) is 3. The third kappa shape index (κ3) is 8.26. The van der Waals surface area contributed by atoms with Crippen molar-refractivity contribution in [1.82, 2.24) is 0 Å². The zero-order valence-corrected chi connectivity index (χ0v) is 12.5. The first-order chi connectivity index (χ1) is 9.92. The number of carbonyl (C=O) groups excluding carboxylic acids is 2. The van der Waals surface area contributed by atoms with Crippen LogP contribution in [0.4, 0.5) is 0 Å². The molecule has 0 fully saturated rings. The third-order valence-electron chi connectivity index (χ3n) is 2.02. The van der Waals surface area contributed by atoms with Crippen LogP contribution in [0.15, 0.2) is 54.8 Å². The van der Waals surface area contributed by atoms with Gasteiger partial charge in [-0.1, -0.05) is 24.8 Å². The van der Waals surface area contributed by atoms with Crippen molar-refractivity contribution in [1.29, 1.82) is 0 Å². The van der Waals surface area contributed by atoms with Crippen LogP contribution in [0, 0.1) is 0 Å².